The van der Waals surface area contributed by atoms with Crippen LogP contribution in [-0.2, 0) is 0 Å². The standard InChI is InChI=1S/C14H9N3OS2/c15-12-10(5-6-11-13(12)16-7-19-11)20-14-17-8-3-1-2-4-9(8)18-14/h1-7H,15H2. The molecule has 0 spiro atoms. The van der Waals surface area contributed by atoms with Crippen molar-refractivity contribution in [3.8, 4) is 0 Å². The lowest BCUT2D eigenvalue weighted by Gasteiger charge is -2.02. The molecule has 0 fully saturated rings. The summed E-state index contributed by atoms with van der Waals surface area (Å²) in [5.74, 6) is 0. The number of nitrogens with two attached hydrogens (primary N) is 1. The average Bonchev–Trinajstić information content (AvgIpc) is 3.08. The van der Waals surface area contributed by atoms with E-state index in [1.54, 1.807) is 16.8 Å². The van der Waals surface area contributed by atoms with E-state index in [-0.39, 0.29) is 0 Å². The smallest absolute Gasteiger partial charge is 0.261 e. The molecule has 2 N–H and O–H groups in total. The molecule has 6 heteroatoms. The maximum Gasteiger partial charge on any atom is 0.261 e. The molecule has 20 heavy (non-hydrogen) atoms. The summed E-state index contributed by atoms with van der Waals surface area (Å²) in [4.78, 5) is 9.64. The normalized spacial score (nSPS) is 11.4. The summed E-state index contributed by atoms with van der Waals surface area (Å²) in [5.41, 5.74) is 11.1. The molecule has 0 saturated carbocycles. The van der Waals surface area contributed by atoms with Gasteiger partial charge in [-0.05, 0) is 36.0 Å². The number of thiazole rings is 1. The van der Waals surface area contributed by atoms with E-state index in [2.05, 4.69) is 9.97 Å². The van der Waals surface area contributed by atoms with Gasteiger partial charge in [-0.1, -0.05) is 12.1 Å². The fourth-order valence-corrected chi connectivity index (χ4v) is 3.51. The number of aromatic nitrogens is 2. The summed E-state index contributed by atoms with van der Waals surface area (Å²) in [7, 11) is 0. The van der Waals surface area contributed by atoms with Crippen LogP contribution in [0.15, 0.2) is 56.4 Å². The molecule has 0 aliphatic rings. The fraction of sp³-hybridized carbons (Fsp3) is 0. The maximum absolute atomic E-state index is 6.16. The minimum Gasteiger partial charge on any atom is -0.431 e. The van der Waals surface area contributed by atoms with Gasteiger partial charge in [0.1, 0.15) is 11.0 Å². The van der Waals surface area contributed by atoms with Crippen LogP contribution in [0.2, 0.25) is 0 Å². The summed E-state index contributed by atoms with van der Waals surface area (Å²) in [5, 5.41) is 0.590. The van der Waals surface area contributed by atoms with Crippen LogP contribution in [0.25, 0.3) is 21.3 Å². The number of hydrogen-bond acceptors (Lipinski definition) is 6. The van der Waals surface area contributed by atoms with Crippen LogP contribution in [0.5, 0.6) is 0 Å². The Morgan fingerprint density at radius 1 is 1.15 bits per heavy atom. The summed E-state index contributed by atoms with van der Waals surface area (Å²) < 4.78 is 6.79. The third-order valence-corrected chi connectivity index (χ3v) is 4.69. The number of rotatable bonds is 2. The zero-order chi connectivity index (χ0) is 13.5. The van der Waals surface area contributed by atoms with Gasteiger partial charge in [0.2, 0.25) is 0 Å². The first-order valence-electron chi connectivity index (χ1n) is 5.96. The molecule has 2 aromatic carbocycles. The van der Waals surface area contributed by atoms with Crippen LogP contribution < -0.4 is 5.73 Å². The zero-order valence-electron chi connectivity index (χ0n) is 10.2. The summed E-state index contributed by atoms with van der Waals surface area (Å²) in [6.07, 6.45) is 0. The molecule has 0 bridgehead atoms. The largest absolute Gasteiger partial charge is 0.431 e. The number of para-hydroxylation sites is 2. The van der Waals surface area contributed by atoms with Crippen LogP contribution >= 0.6 is 23.1 Å². The fourth-order valence-electron chi connectivity index (χ4n) is 2.01. The van der Waals surface area contributed by atoms with Crippen molar-refractivity contribution in [1.82, 2.24) is 9.97 Å². The van der Waals surface area contributed by atoms with Crippen molar-refractivity contribution in [3.05, 3.63) is 41.9 Å². The monoisotopic (exact) mass is 299 g/mol. The number of fused-ring (bicyclic) bond motifs is 2. The van der Waals surface area contributed by atoms with Gasteiger partial charge in [-0.2, -0.15) is 0 Å². The Balaban J connectivity index is 1.78. The van der Waals surface area contributed by atoms with Gasteiger partial charge in [0.25, 0.3) is 5.22 Å². The Morgan fingerprint density at radius 3 is 2.95 bits per heavy atom. The van der Waals surface area contributed by atoms with E-state index in [0.717, 1.165) is 26.2 Å². The first-order chi connectivity index (χ1) is 9.81. The van der Waals surface area contributed by atoms with Crippen LogP contribution in [0, 0.1) is 0 Å². The Labute approximate surface area is 122 Å². The highest BCUT2D eigenvalue weighted by molar-refractivity contribution is 7.99. The van der Waals surface area contributed by atoms with Crippen LogP contribution in [-0.4, -0.2) is 9.97 Å². The highest BCUT2D eigenvalue weighted by Crippen LogP contribution is 2.37. The Hall–Kier alpha value is -2.05. The van der Waals surface area contributed by atoms with E-state index in [0.29, 0.717) is 10.9 Å². The van der Waals surface area contributed by atoms with Crippen molar-refractivity contribution in [2.24, 2.45) is 0 Å². The molecule has 0 aliphatic carbocycles. The third-order valence-electron chi connectivity index (χ3n) is 2.97. The molecule has 0 unspecified atom stereocenters. The molecule has 2 heterocycles. The molecule has 0 saturated heterocycles. The van der Waals surface area contributed by atoms with Gasteiger partial charge in [-0.3, -0.25) is 0 Å². The quantitative estimate of drug-likeness (QED) is 0.563. The Morgan fingerprint density at radius 2 is 2.05 bits per heavy atom. The van der Waals surface area contributed by atoms with E-state index in [4.69, 9.17) is 10.2 Å². The Kier molecular flexibility index (Phi) is 2.64. The molecule has 4 rings (SSSR count). The van der Waals surface area contributed by atoms with Crippen molar-refractivity contribution in [2.75, 3.05) is 5.73 Å². The average molecular weight is 299 g/mol. The summed E-state index contributed by atoms with van der Waals surface area (Å²) in [6.45, 7) is 0. The molecule has 0 radical (unpaired) electrons. The number of anilines is 1. The number of nitrogen functional groups attached to an aromatic ring is 1. The van der Waals surface area contributed by atoms with Crippen LogP contribution in [0.3, 0.4) is 0 Å². The van der Waals surface area contributed by atoms with Gasteiger partial charge < -0.3 is 10.2 Å². The predicted molar refractivity (Wildman–Crippen MR) is 82.2 cm³/mol. The lowest BCUT2D eigenvalue weighted by Crippen LogP contribution is -1.89. The lowest BCUT2D eigenvalue weighted by atomic mass is 10.3. The third kappa shape index (κ3) is 1.85. The first-order valence-corrected chi connectivity index (χ1v) is 7.66. The molecule has 0 amide bonds. The summed E-state index contributed by atoms with van der Waals surface area (Å²) >= 11 is 3.00. The highest BCUT2D eigenvalue weighted by atomic mass is 32.2. The molecule has 0 aliphatic heterocycles. The number of benzene rings is 2. The number of nitrogens with zero attached hydrogens (tertiary/aromatic N) is 2. The van der Waals surface area contributed by atoms with Gasteiger partial charge in [0, 0.05) is 4.90 Å². The van der Waals surface area contributed by atoms with Gasteiger partial charge >= 0.3 is 0 Å². The van der Waals surface area contributed by atoms with Crippen LogP contribution in [0.4, 0.5) is 5.69 Å². The molecular weight excluding hydrogens is 290 g/mol. The minimum atomic E-state index is 0.590. The van der Waals surface area contributed by atoms with Crippen molar-refractivity contribution < 1.29 is 4.42 Å². The minimum absolute atomic E-state index is 0.590. The van der Waals surface area contributed by atoms with Gasteiger partial charge in [0.15, 0.2) is 5.58 Å². The van der Waals surface area contributed by atoms with E-state index in [1.165, 1.54) is 11.8 Å². The second kappa shape index (κ2) is 4.50. The summed E-state index contributed by atoms with van der Waals surface area (Å²) in [6, 6.07) is 11.7. The lowest BCUT2D eigenvalue weighted by molar-refractivity contribution is 0.489. The Bertz CT molecular complexity index is 880. The molecular formula is C14H9N3OS2. The second-order valence-corrected chi connectivity index (χ2v) is 6.11. The first kappa shape index (κ1) is 11.7. The SMILES string of the molecule is Nc1c(Sc2nc3ccccc3o2)ccc2scnc12. The number of oxazole rings is 1. The maximum atomic E-state index is 6.16. The molecule has 4 aromatic rings. The van der Waals surface area contributed by atoms with Crippen molar-refractivity contribution in [1.29, 1.82) is 0 Å². The van der Waals surface area contributed by atoms with Crippen molar-refractivity contribution >= 4 is 50.1 Å². The van der Waals surface area contributed by atoms with E-state index in [1.807, 2.05) is 36.4 Å². The molecule has 4 nitrogen and oxygen atoms in total. The zero-order valence-corrected chi connectivity index (χ0v) is 11.9. The van der Waals surface area contributed by atoms with Crippen molar-refractivity contribution in [3.63, 3.8) is 0 Å². The van der Waals surface area contributed by atoms with Crippen molar-refractivity contribution in [2.45, 2.75) is 10.1 Å². The van der Waals surface area contributed by atoms with E-state index < -0.39 is 0 Å². The van der Waals surface area contributed by atoms with E-state index >= 15 is 0 Å². The molecule has 98 valence electrons. The molecule has 0 atom stereocenters. The number of hydrogen-bond donors (Lipinski definition) is 1. The van der Waals surface area contributed by atoms with Gasteiger partial charge in [-0.25, -0.2) is 9.97 Å². The topological polar surface area (TPSA) is 64.9 Å². The van der Waals surface area contributed by atoms with Crippen LogP contribution in [0.1, 0.15) is 0 Å². The predicted octanol–water partition coefficient (Wildman–Crippen LogP) is 4.17. The van der Waals surface area contributed by atoms with Gasteiger partial charge in [-0.15, -0.1) is 11.3 Å². The highest BCUT2D eigenvalue weighted by Gasteiger charge is 2.12. The van der Waals surface area contributed by atoms with Gasteiger partial charge in [0.05, 0.1) is 15.9 Å². The molecule has 2 aromatic heterocycles. The second-order valence-electron chi connectivity index (χ2n) is 4.23. The van der Waals surface area contributed by atoms with E-state index in [9.17, 15) is 0 Å².